The monoisotopic (exact) mass is 259 g/mol. The highest BCUT2D eigenvalue weighted by Crippen LogP contribution is 2.18. The van der Waals surface area contributed by atoms with Crippen LogP contribution in [0.3, 0.4) is 0 Å². The first-order valence-electron chi connectivity index (χ1n) is 7.51. The Morgan fingerprint density at radius 1 is 1.11 bits per heavy atom. The van der Waals surface area contributed by atoms with Gasteiger partial charge in [-0.3, -0.25) is 0 Å². The van der Waals surface area contributed by atoms with Gasteiger partial charge in [0.1, 0.15) is 5.82 Å². The molecule has 1 aromatic carbocycles. The van der Waals surface area contributed by atoms with Crippen LogP contribution in [-0.4, -0.2) is 16.1 Å². The van der Waals surface area contributed by atoms with Crippen LogP contribution in [0.2, 0.25) is 0 Å². The molecule has 1 heterocycles. The number of nitrogens with two attached hydrogens (primary N) is 1. The summed E-state index contributed by atoms with van der Waals surface area (Å²) in [4.78, 5) is 4.79. The Morgan fingerprint density at radius 3 is 2.74 bits per heavy atom. The van der Waals surface area contributed by atoms with Gasteiger partial charge in [-0.25, -0.2) is 4.98 Å². The van der Waals surface area contributed by atoms with Crippen LogP contribution < -0.4 is 5.73 Å². The van der Waals surface area contributed by atoms with Crippen molar-refractivity contribution in [2.24, 2.45) is 5.73 Å². The van der Waals surface area contributed by atoms with Gasteiger partial charge in [-0.15, -0.1) is 0 Å². The Bertz CT molecular complexity index is 502. The first-order chi connectivity index (χ1) is 9.36. The van der Waals surface area contributed by atoms with Crippen molar-refractivity contribution in [3.05, 3.63) is 30.1 Å². The third-order valence-electron chi connectivity index (χ3n) is 3.57. The van der Waals surface area contributed by atoms with E-state index >= 15 is 0 Å². The maximum atomic E-state index is 5.54. The zero-order chi connectivity index (χ0) is 13.5. The maximum absolute atomic E-state index is 5.54. The molecule has 0 spiro atoms. The average Bonchev–Trinajstić information content (AvgIpc) is 2.79. The van der Waals surface area contributed by atoms with E-state index in [9.17, 15) is 0 Å². The first kappa shape index (κ1) is 14.1. The van der Waals surface area contributed by atoms with Crippen molar-refractivity contribution in [1.29, 1.82) is 0 Å². The second kappa shape index (κ2) is 7.29. The second-order valence-corrected chi connectivity index (χ2v) is 5.12. The summed E-state index contributed by atoms with van der Waals surface area (Å²) in [6.45, 7) is 4.12. The summed E-state index contributed by atoms with van der Waals surface area (Å²) in [6, 6.07) is 8.46. The van der Waals surface area contributed by atoms with Crippen LogP contribution >= 0.6 is 0 Å². The molecule has 0 bridgehead atoms. The number of imidazole rings is 1. The highest BCUT2D eigenvalue weighted by atomic mass is 15.1. The molecule has 1 aromatic heterocycles. The molecule has 2 aromatic rings. The van der Waals surface area contributed by atoms with E-state index in [1.165, 1.54) is 37.0 Å². The molecule has 0 aliphatic rings. The minimum atomic E-state index is 0.798. The van der Waals surface area contributed by atoms with Gasteiger partial charge in [0.05, 0.1) is 11.0 Å². The van der Waals surface area contributed by atoms with E-state index in [2.05, 4.69) is 35.8 Å². The predicted octanol–water partition coefficient (Wildman–Crippen LogP) is 3.51. The lowest BCUT2D eigenvalue weighted by Gasteiger charge is -2.08. The molecule has 3 heteroatoms. The van der Waals surface area contributed by atoms with Crippen molar-refractivity contribution in [1.82, 2.24) is 9.55 Å². The fraction of sp³-hybridized carbons (Fsp3) is 0.562. The molecular formula is C16H25N3. The van der Waals surface area contributed by atoms with Crippen LogP contribution in [-0.2, 0) is 13.0 Å². The minimum Gasteiger partial charge on any atom is -0.330 e. The summed E-state index contributed by atoms with van der Waals surface area (Å²) in [5, 5.41) is 0. The van der Waals surface area contributed by atoms with Gasteiger partial charge in [-0.2, -0.15) is 0 Å². The number of aromatic nitrogens is 2. The number of benzene rings is 1. The van der Waals surface area contributed by atoms with Crippen LogP contribution in [0.25, 0.3) is 11.0 Å². The number of fused-ring (bicyclic) bond motifs is 1. The third-order valence-corrected chi connectivity index (χ3v) is 3.57. The van der Waals surface area contributed by atoms with Crippen molar-refractivity contribution >= 4 is 11.0 Å². The molecule has 104 valence electrons. The lowest BCUT2D eigenvalue weighted by molar-refractivity contribution is 0.593. The van der Waals surface area contributed by atoms with Gasteiger partial charge in [-0.1, -0.05) is 31.9 Å². The molecular weight excluding hydrogens is 234 g/mol. The highest BCUT2D eigenvalue weighted by molar-refractivity contribution is 5.75. The van der Waals surface area contributed by atoms with Gasteiger partial charge in [0.15, 0.2) is 0 Å². The summed E-state index contributed by atoms with van der Waals surface area (Å²) in [6.07, 6.45) is 7.02. The Hall–Kier alpha value is -1.35. The van der Waals surface area contributed by atoms with E-state index in [4.69, 9.17) is 10.7 Å². The Labute approximate surface area is 115 Å². The van der Waals surface area contributed by atoms with Crippen LogP contribution in [0.4, 0.5) is 0 Å². The van der Waals surface area contributed by atoms with Gasteiger partial charge in [0.2, 0.25) is 0 Å². The van der Waals surface area contributed by atoms with Gasteiger partial charge < -0.3 is 10.3 Å². The fourth-order valence-corrected chi connectivity index (χ4v) is 2.49. The van der Waals surface area contributed by atoms with Gasteiger partial charge in [0.25, 0.3) is 0 Å². The summed E-state index contributed by atoms with van der Waals surface area (Å²) < 4.78 is 2.40. The minimum absolute atomic E-state index is 0.798. The normalized spacial score (nSPS) is 11.3. The molecule has 0 amide bonds. The average molecular weight is 259 g/mol. The van der Waals surface area contributed by atoms with Crippen LogP contribution in [0.5, 0.6) is 0 Å². The molecule has 0 aliphatic heterocycles. The summed E-state index contributed by atoms with van der Waals surface area (Å²) in [7, 11) is 0. The van der Waals surface area contributed by atoms with Crippen molar-refractivity contribution in [3.63, 3.8) is 0 Å². The number of rotatable bonds is 8. The van der Waals surface area contributed by atoms with Gasteiger partial charge in [0, 0.05) is 13.0 Å². The zero-order valence-corrected chi connectivity index (χ0v) is 11.9. The predicted molar refractivity (Wildman–Crippen MR) is 81.3 cm³/mol. The molecule has 0 aliphatic carbocycles. The molecule has 0 unspecified atom stereocenters. The van der Waals surface area contributed by atoms with Crippen molar-refractivity contribution in [2.45, 2.75) is 52.0 Å². The van der Waals surface area contributed by atoms with E-state index in [1.54, 1.807) is 0 Å². The summed E-state index contributed by atoms with van der Waals surface area (Å²) in [5.74, 6) is 1.24. The van der Waals surface area contributed by atoms with Crippen LogP contribution in [0.15, 0.2) is 24.3 Å². The molecule has 0 radical (unpaired) electrons. The zero-order valence-electron chi connectivity index (χ0n) is 11.9. The number of aryl methyl sites for hydroxylation is 2. The highest BCUT2D eigenvalue weighted by Gasteiger charge is 2.09. The number of hydrogen-bond donors (Lipinski definition) is 1. The van der Waals surface area contributed by atoms with E-state index in [1.807, 2.05) is 0 Å². The summed E-state index contributed by atoms with van der Waals surface area (Å²) in [5.41, 5.74) is 7.96. The van der Waals surface area contributed by atoms with Gasteiger partial charge in [-0.05, 0) is 37.9 Å². The van der Waals surface area contributed by atoms with Crippen molar-refractivity contribution in [2.75, 3.05) is 6.54 Å². The molecule has 0 atom stereocenters. The van der Waals surface area contributed by atoms with Crippen LogP contribution in [0, 0.1) is 0 Å². The topological polar surface area (TPSA) is 43.8 Å². The van der Waals surface area contributed by atoms with E-state index < -0.39 is 0 Å². The Kier molecular flexibility index (Phi) is 5.40. The number of hydrogen-bond acceptors (Lipinski definition) is 2. The van der Waals surface area contributed by atoms with Crippen molar-refractivity contribution < 1.29 is 0 Å². The molecule has 0 saturated carbocycles. The lowest BCUT2D eigenvalue weighted by atomic mass is 10.2. The maximum Gasteiger partial charge on any atom is 0.109 e. The lowest BCUT2D eigenvalue weighted by Crippen LogP contribution is -2.05. The molecule has 3 nitrogen and oxygen atoms in total. The first-order valence-corrected chi connectivity index (χ1v) is 7.51. The molecule has 19 heavy (non-hydrogen) atoms. The molecule has 2 N–H and O–H groups in total. The molecule has 0 saturated heterocycles. The molecule has 0 fully saturated rings. The number of nitrogens with zero attached hydrogens (tertiary/aromatic N) is 2. The van der Waals surface area contributed by atoms with Crippen molar-refractivity contribution in [3.8, 4) is 0 Å². The largest absolute Gasteiger partial charge is 0.330 e. The number of para-hydroxylation sites is 2. The second-order valence-electron chi connectivity index (χ2n) is 5.12. The quantitative estimate of drug-likeness (QED) is 0.737. The van der Waals surface area contributed by atoms with Gasteiger partial charge >= 0.3 is 0 Å². The fourth-order valence-electron chi connectivity index (χ4n) is 2.49. The molecule has 2 rings (SSSR count). The smallest absolute Gasteiger partial charge is 0.109 e. The number of unbranched alkanes of at least 4 members (excludes halogenated alkanes) is 3. The van der Waals surface area contributed by atoms with E-state index in [0.29, 0.717) is 0 Å². The van der Waals surface area contributed by atoms with E-state index in [0.717, 1.165) is 31.4 Å². The summed E-state index contributed by atoms with van der Waals surface area (Å²) >= 11 is 0. The standard InChI is InChI=1S/C16H25N3/c1-2-3-13-19-15-10-7-6-9-14(15)18-16(19)11-5-4-8-12-17/h6-7,9-10H,2-5,8,11-13,17H2,1H3. The Morgan fingerprint density at radius 2 is 1.95 bits per heavy atom. The third kappa shape index (κ3) is 3.57. The SMILES string of the molecule is CCCCn1c(CCCCCN)nc2ccccc21. The van der Waals surface area contributed by atoms with E-state index in [-0.39, 0.29) is 0 Å². The van der Waals surface area contributed by atoms with Crippen LogP contribution in [0.1, 0.15) is 44.9 Å². The Balaban J connectivity index is 2.15.